The number of nitrogens with zero attached hydrogens (tertiary/aromatic N) is 2. The Labute approximate surface area is 118 Å². The van der Waals surface area contributed by atoms with Crippen LogP contribution in [0.5, 0.6) is 0 Å². The standard InChI is InChI=1S/C14H20N2O4/c1-15(9-19-3)13(17)11-7-5-6-8-12(11)14(18)16(2)10-20-4/h5-8H,9-10H2,1-4H3. The molecule has 20 heavy (non-hydrogen) atoms. The zero-order valence-corrected chi connectivity index (χ0v) is 12.3. The van der Waals surface area contributed by atoms with Crippen LogP contribution in [0.4, 0.5) is 0 Å². The van der Waals surface area contributed by atoms with Crippen molar-refractivity contribution in [1.82, 2.24) is 9.80 Å². The normalized spacial score (nSPS) is 10.2. The largest absolute Gasteiger partial charge is 0.364 e. The van der Waals surface area contributed by atoms with Crippen LogP contribution in [0.3, 0.4) is 0 Å². The van der Waals surface area contributed by atoms with Gasteiger partial charge >= 0.3 is 0 Å². The van der Waals surface area contributed by atoms with Crippen LogP contribution in [0, 0.1) is 0 Å². The zero-order chi connectivity index (χ0) is 15.1. The number of carbonyl (C=O) groups is 2. The van der Waals surface area contributed by atoms with E-state index in [1.165, 1.54) is 24.0 Å². The SMILES string of the molecule is COCN(C)C(=O)c1ccccc1C(=O)N(C)COC. The Balaban J connectivity index is 3.04. The lowest BCUT2D eigenvalue weighted by Crippen LogP contribution is -2.33. The van der Waals surface area contributed by atoms with Crippen LogP contribution < -0.4 is 0 Å². The van der Waals surface area contributed by atoms with Crippen LogP contribution in [-0.2, 0) is 9.47 Å². The molecule has 0 saturated heterocycles. The van der Waals surface area contributed by atoms with Gasteiger partial charge in [-0.25, -0.2) is 0 Å². The van der Waals surface area contributed by atoms with Gasteiger partial charge in [0.25, 0.3) is 11.8 Å². The van der Waals surface area contributed by atoms with Crippen LogP contribution in [0.2, 0.25) is 0 Å². The summed E-state index contributed by atoms with van der Waals surface area (Å²) in [5.74, 6) is -0.525. The molecule has 0 fully saturated rings. The second-order valence-corrected chi connectivity index (χ2v) is 4.39. The van der Waals surface area contributed by atoms with E-state index in [0.717, 1.165) is 0 Å². The molecule has 6 heteroatoms. The lowest BCUT2D eigenvalue weighted by Gasteiger charge is -2.20. The molecule has 0 aliphatic heterocycles. The minimum Gasteiger partial charge on any atom is -0.364 e. The van der Waals surface area contributed by atoms with Crippen molar-refractivity contribution >= 4 is 11.8 Å². The first-order valence-electron chi connectivity index (χ1n) is 6.10. The van der Waals surface area contributed by atoms with E-state index in [1.807, 2.05) is 0 Å². The fourth-order valence-corrected chi connectivity index (χ4v) is 1.77. The van der Waals surface area contributed by atoms with Crippen molar-refractivity contribution in [1.29, 1.82) is 0 Å². The Morgan fingerprint density at radius 3 is 1.55 bits per heavy atom. The number of methoxy groups -OCH3 is 2. The zero-order valence-electron chi connectivity index (χ0n) is 12.3. The molecular formula is C14H20N2O4. The van der Waals surface area contributed by atoms with Crippen molar-refractivity contribution in [2.45, 2.75) is 0 Å². The second kappa shape index (κ2) is 7.62. The van der Waals surface area contributed by atoms with E-state index < -0.39 is 0 Å². The highest BCUT2D eigenvalue weighted by atomic mass is 16.5. The minimum atomic E-state index is -0.262. The predicted molar refractivity (Wildman–Crippen MR) is 74.4 cm³/mol. The number of carbonyl (C=O) groups excluding carboxylic acids is 2. The van der Waals surface area contributed by atoms with Gasteiger partial charge in [0.2, 0.25) is 0 Å². The Morgan fingerprint density at radius 2 is 1.25 bits per heavy atom. The van der Waals surface area contributed by atoms with Crippen LogP contribution in [-0.4, -0.2) is 63.4 Å². The number of hydrogen-bond acceptors (Lipinski definition) is 4. The monoisotopic (exact) mass is 280 g/mol. The molecular weight excluding hydrogens is 260 g/mol. The molecule has 0 aliphatic rings. The highest BCUT2D eigenvalue weighted by molar-refractivity contribution is 6.07. The molecule has 110 valence electrons. The average Bonchev–Trinajstić information content (AvgIpc) is 2.46. The minimum absolute atomic E-state index is 0.162. The Bertz CT molecular complexity index is 433. The van der Waals surface area contributed by atoms with E-state index in [0.29, 0.717) is 11.1 Å². The van der Waals surface area contributed by atoms with Gasteiger partial charge in [-0.2, -0.15) is 0 Å². The molecule has 1 aromatic rings. The van der Waals surface area contributed by atoms with Gasteiger partial charge in [0, 0.05) is 28.3 Å². The summed E-state index contributed by atoms with van der Waals surface area (Å²) in [5.41, 5.74) is 0.694. The Kier molecular flexibility index (Phi) is 6.14. The number of benzene rings is 1. The van der Waals surface area contributed by atoms with Crippen molar-refractivity contribution in [2.24, 2.45) is 0 Å². The highest BCUT2D eigenvalue weighted by Gasteiger charge is 2.21. The molecule has 0 atom stereocenters. The molecule has 0 N–H and O–H groups in total. The quantitative estimate of drug-likeness (QED) is 0.731. The number of rotatable bonds is 6. The molecule has 2 amide bonds. The van der Waals surface area contributed by atoms with Gasteiger partial charge in [-0.05, 0) is 12.1 Å². The third kappa shape index (κ3) is 3.79. The topological polar surface area (TPSA) is 59.1 Å². The van der Waals surface area contributed by atoms with Crippen molar-refractivity contribution < 1.29 is 19.1 Å². The first kappa shape index (κ1) is 16.1. The second-order valence-electron chi connectivity index (χ2n) is 4.39. The molecule has 0 aliphatic carbocycles. The van der Waals surface area contributed by atoms with Crippen LogP contribution in [0.1, 0.15) is 20.7 Å². The number of hydrogen-bond donors (Lipinski definition) is 0. The maximum atomic E-state index is 12.3. The summed E-state index contributed by atoms with van der Waals surface area (Å²) in [6.45, 7) is 0.324. The highest BCUT2D eigenvalue weighted by Crippen LogP contribution is 2.13. The predicted octanol–water partition coefficient (Wildman–Crippen LogP) is 1.04. The molecule has 0 radical (unpaired) electrons. The van der Waals surface area contributed by atoms with Gasteiger partial charge in [-0.3, -0.25) is 9.59 Å². The summed E-state index contributed by atoms with van der Waals surface area (Å²) in [7, 11) is 6.25. The van der Waals surface area contributed by atoms with Gasteiger partial charge in [0.05, 0.1) is 11.1 Å². The smallest absolute Gasteiger partial charge is 0.256 e. The Morgan fingerprint density at radius 1 is 0.900 bits per heavy atom. The maximum absolute atomic E-state index is 12.3. The van der Waals surface area contributed by atoms with Gasteiger partial charge in [-0.1, -0.05) is 12.1 Å². The summed E-state index contributed by atoms with van der Waals surface area (Å²) < 4.78 is 9.84. The maximum Gasteiger partial charge on any atom is 0.256 e. The van der Waals surface area contributed by atoms with Gasteiger partial charge < -0.3 is 19.3 Å². The van der Waals surface area contributed by atoms with Gasteiger partial charge in [-0.15, -0.1) is 0 Å². The van der Waals surface area contributed by atoms with E-state index in [-0.39, 0.29) is 25.3 Å². The molecule has 0 unspecified atom stereocenters. The fourth-order valence-electron chi connectivity index (χ4n) is 1.77. The third-order valence-electron chi connectivity index (χ3n) is 2.73. The van der Waals surface area contributed by atoms with E-state index >= 15 is 0 Å². The van der Waals surface area contributed by atoms with Gasteiger partial charge in [0.15, 0.2) is 0 Å². The summed E-state index contributed by atoms with van der Waals surface area (Å²) in [6, 6.07) is 6.70. The summed E-state index contributed by atoms with van der Waals surface area (Å²) in [6.07, 6.45) is 0. The molecule has 1 aromatic carbocycles. The average molecular weight is 280 g/mol. The van der Waals surface area contributed by atoms with Crippen molar-refractivity contribution in [2.75, 3.05) is 41.8 Å². The van der Waals surface area contributed by atoms with Crippen LogP contribution >= 0.6 is 0 Å². The van der Waals surface area contributed by atoms with Crippen LogP contribution in [0.15, 0.2) is 24.3 Å². The van der Waals surface area contributed by atoms with Crippen molar-refractivity contribution in [3.63, 3.8) is 0 Å². The van der Waals surface area contributed by atoms with Crippen molar-refractivity contribution in [3.05, 3.63) is 35.4 Å². The molecule has 1 rings (SSSR count). The first-order chi connectivity index (χ1) is 9.52. The fraction of sp³-hybridized carbons (Fsp3) is 0.429. The van der Waals surface area contributed by atoms with E-state index in [4.69, 9.17) is 9.47 Å². The summed E-state index contributed by atoms with van der Waals surface area (Å²) in [4.78, 5) is 27.4. The Hall–Kier alpha value is -1.92. The molecule has 0 aromatic heterocycles. The van der Waals surface area contributed by atoms with E-state index in [9.17, 15) is 9.59 Å². The van der Waals surface area contributed by atoms with Crippen LogP contribution in [0.25, 0.3) is 0 Å². The third-order valence-corrected chi connectivity index (χ3v) is 2.73. The number of amides is 2. The molecule has 6 nitrogen and oxygen atoms in total. The van der Waals surface area contributed by atoms with E-state index in [2.05, 4.69) is 0 Å². The molecule has 0 bridgehead atoms. The summed E-state index contributed by atoms with van der Waals surface area (Å²) >= 11 is 0. The first-order valence-corrected chi connectivity index (χ1v) is 6.10. The molecule has 0 spiro atoms. The van der Waals surface area contributed by atoms with Gasteiger partial charge in [0.1, 0.15) is 13.5 Å². The lowest BCUT2D eigenvalue weighted by atomic mass is 10.1. The van der Waals surface area contributed by atoms with E-state index in [1.54, 1.807) is 38.4 Å². The molecule has 0 heterocycles. The number of ether oxygens (including phenoxy) is 2. The molecule has 0 saturated carbocycles. The lowest BCUT2D eigenvalue weighted by molar-refractivity contribution is 0.0472. The summed E-state index contributed by atoms with van der Waals surface area (Å²) in [5, 5.41) is 0. The van der Waals surface area contributed by atoms with Crippen molar-refractivity contribution in [3.8, 4) is 0 Å².